The number of carbonyl (C=O) groups is 1. The van der Waals surface area contributed by atoms with Gasteiger partial charge in [-0.3, -0.25) is 9.69 Å². The topological polar surface area (TPSA) is 53.6 Å². The number of carbonyl (C=O) groups excluding carboxylic acids is 1. The molecule has 1 aliphatic rings. The van der Waals surface area contributed by atoms with Crippen LogP contribution in [0.3, 0.4) is 0 Å². The molecule has 2 N–H and O–H groups in total. The van der Waals surface area contributed by atoms with Gasteiger partial charge in [0.1, 0.15) is 0 Å². The van der Waals surface area contributed by atoms with Crippen LogP contribution in [-0.2, 0) is 9.53 Å². The van der Waals surface area contributed by atoms with Crippen LogP contribution < -0.4 is 10.6 Å². The van der Waals surface area contributed by atoms with Crippen LogP contribution >= 0.6 is 0 Å². The number of likely N-dealkylation sites (N-methyl/N-ethyl adjacent to an activating group) is 1. The van der Waals surface area contributed by atoms with E-state index in [4.69, 9.17) is 4.74 Å². The van der Waals surface area contributed by atoms with Crippen LogP contribution in [0.2, 0.25) is 0 Å². The van der Waals surface area contributed by atoms with Crippen molar-refractivity contribution in [1.29, 1.82) is 0 Å². The van der Waals surface area contributed by atoms with E-state index in [0.717, 1.165) is 39.0 Å². The quantitative estimate of drug-likeness (QED) is 0.742. The van der Waals surface area contributed by atoms with Crippen LogP contribution in [-0.4, -0.2) is 63.3 Å². The van der Waals surface area contributed by atoms with E-state index in [2.05, 4.69) is 36.3 Å². The molecule has 0 aromatic carbocycles. The van der Waals surface area contributed by atoms with Gasteiger partial charge in [-0.25, -0.2) is 0 Å². The highest BCUT2D eigenvalue weighted by molar-refractivity contribution is 5.77. The lowest BCUT2D eigenvalue weighted by atomic mass is 9.87. The number of nitrogens with one attached hydrogen (secondary N) is 2. The van der Waals surface area contributed by atoms with Gasteiger partial charge in [0, 0.05) is 39.3 Å². The van der Waals surface area contributed by atoms with Gasteiger partial charge in [0.15, 0.2) is 0 Å². The van der Waals surface area contributed by atoms with Gasteiger partial charge < -0.3 is 15.4 Å². The number of likely N-dealkylation sites (tertiary alicyclic amines) is 1. The molecule has 0 aromatic heterocycles. The molecule has 1 fully saturated rings. The van der Waals surface area contributed by atoms with Crippen molar-refractivity contribution in [3.8, 4) is 0 Å². The normalized spacial score (nSPS) is 19.5. The first-order valence-electron chi connectivity index (χ1n) is 8.02. The van der Waals surface area contributed by atoms with Crippen LogP contribution in [0, 0.1) is 5.41 Å². The molecule has 124 valence electrons. The molecule has 1 aliphatic heterocycles. The maximum Gasteiger partial charge on any atom is 0.233 e. The van der Waals surface area contributed by atoms with Gasteiger partial charge >= 0.3 is 0 Å². The Morgan fingerprint density at radius 1 is 1.33 bits per heavy atom. The molecule has 0 saturated carbocycles. The smallest absolute Gasteiger partial charge is 0.233 e. The van der Waals surface area contributed by atoms with Crippen molar-refractivity contribution in [2.24, 2.45) is 5.41 Å². The van der Waals surface area contributed by atoms with E-state index >= 15 is 0 Å². The van der Waals surface area contributed by atoms with Crippen molar-refractivity contribution in [2.75, 3.05) is 40.4 Å². The fourth-order valence-electron chi connectivity index (χ4n) is 2.98. The number of amides is 1. The third-order valence-electron chi connectivity index (χ3n) is 3.93. The molecule has 1 atom stereocenters. The van der Waals surface area contributed by atoms with Crippen molar-refractivity contribution in [3.05, 3.63) is 0 Å². The Labute approximate surface area is 129 Å². The van der Waals surface area contributed by atoms with E-state index in [1.54, 1.807) is 14.2 Å². The van der Waals surface area contributed by atoms with Crippen molar-refractivity contribution < 1.29 is 9.53 Å². The summed E-state index contributed by atoms with van der Waals surface area (Å²) in [6.45, 7) is 10.1. The van der Waals surface area contributed by atoms with E-state index in [1.165, 1.54) is 0 Å². The second kappa shape index (κ2) is 8.71. The number of ether oxygens (including phenoxy) is 1. The Balaban J connectivity index is 2.36. The van der Waals surface area contributed by atoms with Crippen molar-refractivity contribution in [2.45, 2.75) is 52.1 Å². The molecule has 0 bridgehead atoms. The molecule has 21 heavy (non-hydrogen) atoms. The lowest BCUT2D eigenvalue weighted by Crippen LogP contribution is -2.49. The monoisotopic (exact) mass is 299 g/mol. The molecule has 1 amide bonds. The molecule has 5 nitrogen and oxygen atoms in total. The minimum atomic E-state index is 0.103. The van der Waals surface area contributed by atoms with E-state index in [0.29, 0.717) is 24.0 Å². The number of methoxy groups -OCH3 is 1. The fraction of sp³-hybridized carbons (Fsp3) is 0.938. The minimum Gasteiger partial charge on any atom is -0.383 e. The lowest BCUT2D eigenvalue weighted by molar-refractivity contribution is -0.122. The molecule has 1 rings (SSSR count). The van der Waals surface area contributed by atoms with Gasteiger partial charge in [-0.05, 0) is 24.7 Å². The Hall–Kier alpha value is -0.650. The zero-order chi connectivity index (χ0) is 15.9. The molecule has 1 unspecified atom stereocenters. The molecule has 1 heterocycles. The fourth-order valence-corrected chi connectivity index (χ4v) is 2.98. The number of rotatable bonds is 7. The second-order valence-corrected chi connectivity index (χ2v) is 7.31. The van der Waals surface area contributed by atoms with Crippen LogP contribution in [0.4, 0.5) is 0 Å². The summed E-state index contributed by atoms with van der Waals surface area (Å²) in [5.74, 6) is 0.103. The molecular formula is C16H33N3O2. The van der Waals surface area contributed by atoms with Gasteiger partial charge in [-0.2, -0.15) is 0 Å². The Kier molecular flexibility index (Phi) is 7.63. The second-order valence-electron chi connectivity index (χ2n) is 7.31. The third kappa shape index (κ3) is 7.79. The summed E-state index contributed by atoms with van der Waals surface area (Å²) >= 11 is 0. The van der Waals surface area contributed by atoms with Crippen LogP contribution in [0.1, 0.15) is 40.0 Å². The van der Waals surface area contributed by atoms with E-state index in [1.807, 2.05) is 0 Å². The van der Waals surface area contributed by atoms with Gasteiger partial charge in [0.25, 0.3) is 0 Å². The lowest BCUT2D eigenvalue weighted by Gasteiger charge is -2.35. The van der Waals surface area contributed by atoms with E-state index < -0.39 is 0 Å². The standard InChI is InChI=1S/C16H33N3O2/c1-16(2,3)10-14(12-21-5)18-13-6-8-19(9-7-13)11-15(20)17-4/h13-14,18H,6-12H2,1-5H3,(H,17,20). The number of hydrogen-bond donors (Lipinski definition) is 2. The van der Waals surface area contributed by atoms with Crippen molar-refractivity contribution >= 4 is 5.91 Å². The first-order valence-corrected chi connectivity index (χ1v) is 8.02. The van der Waals surface area contributed by atoms with Gasteiger partial charge in [-0.15, -0.1) is 0 Å². The molecule has 0 spiro atoms. The zero-order valence-corrected chi connectivity index (χ0v) is 14.4. The largest absolute Gasteiger partial charge is 0.383 e. The summed E-state index contributed by atoms with van der Waals surface area (Å²) in [6, 6.07) is 0.943. The zero-order valence-electron chi connectivity index (χ0n) is 14.4. The summed E-state index contributed by atoms with van der Waals surface area (Å²) in [6.07, 6.45) is 3.31. The highest BCUT2D eigenvalue weighted by Crippen LogP contribution is 2.22. The van der Waals surface area contributed by atoms with Crippen LogP contribution in [0.25, 0.3) is 0 Å². The first-order chi connectivity index (χ1) is 9.84. The predicted octanol–water partition coefficient (Wildman–Crippen LogP) is 1.24. The molecule has 0 radical (unpaired) electrons. The summed E-state index contributed by atoms with van der Waals surface area (Å²) in [5, 5.41) is 6.43. The average Bonchev–Trinajstić information content (AvgIpc) is 2.39. The van der Waals surface area contributed by atoms with Gasteiger partial charge in [-0.1, -0.05) is 20.8 Å². The van der Waals surface area contributed by atoms with Crippen LogP contribution in [0.15, 0.2) is 0 Å². The molecule has 1 saturated heterocycles. The predicted molar refractivity (Wildman–Crippen MR) is 86.4 cm³/mol. The van der Waals surface area contributed by atoms with Crippen molar-refractivity contribution in [3.63, 3.8) is 0 Å². The molecular weight excluding hydrogens is 266 g/mol. The van der Waals surface area contributed by atoms with E-state index in [-0.39, 0.29) is 5.91 Å². The number of nitrogens with zero attached hydrogens (tertiary/aromatic N) is 1. The summed E-state index contributed by atoms with van der Waals surface area (Å²) in [7, 11) is 3.46. The van der Waals surface area contributed by atoms with Gasteiger partial charge in [0.05, 0.1) is 13.2 Å². The van der Waals surface area contributed by atoms with Crippen LogP contribution in [0.5, 0.6) is 0 Å². The van der Waals surface area contributed by atoms with Gasteiger partial charge in [0.2, 0.25) is 5.91 Å². The maximum absolute atomic E-state index is 11.4. The minimum absolute atomic E-state index is 0.103. The maximum atomic E-state index is 11.4. The summed E-state index contributed by atoms with van der Waals surface area (Å²) in [4.78, 5) is 13.6. The molecule has 0 aromatic rings. The SMILES string of the molecule is CNC(=O)CN1CCC(NC(COC)CC(C)(C)C)CC1. The third-order valence-corrected chi connectivity index (χ3v) is 3.93. The van der Waals surface area contributed by atoms with E-state index in [9.17, 15) is 4.79 Å². The Morgan fingerprint density at radius 3 is 2.43 bits per heavy atom. The Morgan fingerprint density at radius 2 is 1.95 bits per heavy atom. The number of hydrogen-bond acceptors (Lipinski definition) is 4. The van der Waals surface area contributed by atoms with Crippen molar-refractivity contribution in [1.82, 2.24) is 15.5 Å². The Bertz CT molecular complexity index is 307. The summed E-state index contributed by atoms with van der Waals surface area (Å²) < 4.78 is 5.35. The molecule has 0 aliphatic carbocycles. The first kappa shape index (κ1) is 18.4. The highest BCUT2D eigenvalue weighted by atomic mass is 16.5. The highest BCUT2D eigenvalue weighted by Gasteiger charge is 2.25. The number of piperidine rings is 1. The average molecular weight is 299 g/mol. The molecule has 5 heteroatoms. The summed E-state index contributed by atoms with van der Waals surface area (Å²) in [5.41, 5.74) is 0.302.